The predicted octanol–water partition coefficient (Wildman–Crippen LogP) is 5.09. The fourth-order valence-electron chi connectivity index (χ4n) is 5.38. The molecule has 0 unspecified atom stereocenters. The maximum Gasteiger partial charge on any atom is 0.267 e. The number of aliphatic hydroxyl groups is 2. The molecule has 10 nitrogen and oxygen atoms in total. The molecule has 14 heteroatoms. The fourth-order valence-corrected chi connectivity index (χ4v) is 8.15. The quantitative estimate of drug-likeness (QED) is 0.122. The number of carbonyl (C=O) groups excluding carboxylic acids is 4. The minimum atomic E-state index is -0.302. The van der Waals surface area contributed by atoms with Crippen molar-refractivity contribution in [2.45, 2.75) is 51.4 Å². The highest BCUT2D eigenvalue weighted by molar-refractivity contribution is 8.29. The zero-order chi connectivity index (χ0) is 34.5. The molecule has 0 aliphatic carbocycles. The van der Waals surface area contributed by atoms with Crippen molar-refractivity contribution in [1.82, 2.24) is 9.80 Å². The minimum Gasteiger partial charge on any atom is -0.395 e. The molecule has 0 aromatic heterocycles. The van der Waals surface area contributed by atoms with Gasteiger partial charge in [0, 0.05) is 50.4 Å². The van der Waals surface area contributed by atoms with Gasteiger partial charge in [0.2, 0.25) is 11.8 Å². The first-order chi connectivity index (χ1) is 23.3. The summed E-state index contributed by atoms with van der Waals surface area (Å²) >= 11 is 13.2. The van der Waals surface area contributed by atoms with Crippen LogP contribution in [0.5, 0.6) is 0 Å². The van der Waals surface area contributed by atoms with Gasteiger partial charge in [0.15, 0.2) is 0 Å². The van der Waals surface area contributed by atoms with Crippen molar-refractivity contribution >= 4 is 91.6 Å². The monoisotopic (exact) mass is 728 g/mol. The Morgan fingerprint density at radius 3 is 1.33 bits per heavy atom. The third-order valence-corrected chi connectivity index (χ3v) is 10.9. The third kappa shape index (κ3) is 9.95. The molecule has 2 aliphatic heterocycles. The number of hydrogen-bond acceptors (Lipinski definition) is 10. The molecule has 0 radical (unpaired) electrons. The van der Waals surface area contributed by atoms with Gasteiger partial charge in [-0.25, -0.2) is 0 Å². The van der Waals surface area contributed by atoms with E-state index in [2.05, 4.69) is 0 Å². The van der Waals surface area contributed by atoms with Crippen LogP contribution in [0, 0.1) is 0 Å². The molecule has 256 valence electrons. The molecule has 2 aromatic rings. The van der Waals surface area contributed by atoms with Crippen LogP contribution in [0.3, 0.4) is 0 Å². The molecule has 4 rings (SSSR count). The van der Waals surface area contributed by atoms with Crippen LogP contribution in [-0.4, -0.2) is 91.7 Å². The molecule has 2 N–H and O–H groups in total. The van der Waals surface area contributed by atoms with Crippen LogP contribution in [0.2, 0.25) is 0 Å². The number of thioether (sulfide) groups is 2. The lowest BCUT2D eigenvalue weighted by Gasteiger charge is -2.22. The molecular weight excluding hydrogens is 689 g/mol. The van der Waals surface area contributed by atoms with E-state index < -0.39 is 0 Å². The van der Waals surface area contributed by atoms with Gasteiger partial charge in [0.05, 0.1) is 23.0 Å². The maximum absolute atomic E-state index is 13.3. The smallest absolute Gasteiger partial charge is 0.267 e. The van der Waals surface area contributed by atoms with Gasteiger partial charge in [-0.3, -0.25) is 29.0 Å². The average molecular weight is 729 g/mol. The van der Waals surface area contributed by atoms with Crippen LogP contribution in [0.15, 0.2) is 70.5 Å². The lowest BCUT2D eigenvalue weighted by atomic mass is 10.1. The maximum atomic E-state index is 13.3. The topological polar surface area (TPSA) is 122 Å². The van der Waals surface area contributed by atoms with Gasteiger partial charge in [-0.15, -0.1) is 0 Å². The van der Waals surface area contributed by atoms with Crippen molar-refractivity contribution in [3.05, 3.63) is 70.5 Å². The summed E-state index contributed by atoms with van der Waals surface area (Å²) in [6, 6.07) is 18.5. The summed E-state index contributed by atoms with van der Waals surface area (Å²) in [5.41, 5.74) is 1.49. The molecule has 0 atom stereocenters. The number of para-hydroxylation sites is 2. The summed E-state index contributed by atoms with van der Waals surface area (Å²) < 4.78 is 0.787. The van der Waals surface area contributed by atoms with Gasteiger partial charge in [0.25, 0.3) is 11.8 Å². The van der Waals surface area contributed by atoms with Crippen molar-refractivity contribution in [3.8, 4) is 0 Å². The van der Waals surface area contributed by atoms with E-state index in [0.717, 1.165) is 34.9 Å². The van der Waals surface area contributed by atoms with Crippen LogP contribution in [0.25, 0.3) is 0 Å². The van der Waals surface area contributed by atoms with E-state index in [-0.39, 0.29) is 49.9 Å². The fraction of sp³-hybridized carbons (Fsp3) is 0.412. The molecule has 2 aliphatic rings. The van der Waals surface area contributed by atoms with Gasteiger partial charge in [-0.2, -0.15) is 0 Å². The zero-order valence-corrected chi connectivity index (χ0v) is 29.9. The second kappa shape index (κ2) is 19.2. The van der Waals surface area contributed by atoms with Gasteiger partial charge >= 0.3 is 0 Å². The normalized spacial score (nSPS) is 16.3. The second-order valence-corrected chi connectivity index (χ2v) is 14.4. The standard InChI is InChI=1S/C34H40N4O6S4/c39-23-21-35(25-13-5-1-6-14-25)27(41)17-9-3-11-19-37-31(43)29(47-33(37)45)30-32(44)38(34(46)48-30)20-12-4-10-18-28(42)36(22-24-40)26-15-7-2-8-16-26/h1-2,5-8,13-16,39-40H,3-4,9-12,17-24H2/b30-29+. The Labute approximate surface area is 300 Å². The molecule has 2 heterocycles. The highest BCUT2D eigenvalue weighted by atomic mass is 32.2. The van der Waals surface area contributed by atoms with Crippen LogP contribution < -0.4 is 9.80 Å². The lowest BCUT2D eigenvalue weighted by molar-refractivity contribution is -0.124. The summed E-state index contributed by atoms with van der Waals surface area (Å²) in [4.78, 5) is 59.0. The highest BCUT2D eigenvalue weighted by Crippen LogP contribution is 2.42. The van der Waals surface area contributed by atoms with E-state index in [1.807, 2.05) is 60.7 Å². The van der Waals surface area contributed by atoms with E-state index in [9.17, 15) is 29.4 Å². The van der Waals surface area contributed by atoms with Crippen molar-refractivity contribution in [1.29, 1.82) is 0 Å². The van der Waals surface area contributed by atoms with Crippen molar-refractivity contribution in [2.24, 2.45) is 0 Å². The van der Waals surface area contributed by atoms with Crippen LogP contribution in [-0.2, 0) is 19.2 Å². The number of amides is 4. The van der Waals surface area contributed by atoms with Crippen molar-refractivity contribution < 1.29 is 29.4 Å². The zero-order valence-electron chi connectivity index (χ0n) is 26.6. The molecule has 48 heavy (non-hydrogen) atoms. The average Bonchev–Trinajstić information content (AvgIpc) is 3.54. The summed E-state index contributed by atoms with van der Waals surface area (Å²) in [7, 11) is 0. The van der Waals surface area contributed by atoms with Gasteiger partial charge in [-0.05, 0) is 49.9 Å². The van der Waals surface area contributed by atoms with Gasteiger partial charge < -0.3 is 20.0 Å². The summed E-state index contributed by atoms with van der Waals surface area (Å²) in [6.07, 6.45) is 4.60. The van der Waals surface area contributed by atoms with E-state index in [4.69, 9.17) is 24.4 Å². The number of thiocarbonyl (C=S) groups is 2. The summed E-state index contributed by atoms with van der Waals surface area (Å²) in [5.74, 6) is -0.735. The Bertz CT molecular complexity index is 1400. The Balaban J connectivity index is 1.21. The van der Waals surface area contributed by atoms with Crippen LogP contribution in [0.4, 0.5) is 11.4 Å². The Hall–Kier alpha value is -3.14. The van der Waals surface area contributed by atoms with E-state index in [1.54, 1.807) is 9.80 Å². The van der Waals surface area contributed by atoms with Crippen LogP contribution in [0.1, 0.15) is 51.4 Å². The van der Waals surface area contributed by atoms with Crippen molar-refractivity contribution in [2.75, 3.05) is 49.2 Å². The van der Waals surface area contributed by atoms with E-state index in [1.165, 1.54) is 9.80 Å². The molecule has 4 amide bonds. The van der Waals surface area contributed by atoms with E-state index >= 15 is 0 Å². The molecular formula is C34H40N4O6S4. The number of nitrogens with zero attached hydrogens (tertiary/aromatic N) is 4. The first-order valence-electron chi connectivity index (χ1n) is 16.0. The lowest BCUT2D eigenvalue weighted by Crippen LogP contribution is -2.33. The van der Waals surface area contributed by atoms with Crippen molar-refractivity contribution in [3.63, 3.8) is 0 Å². The number of hydrogen-bond donors (Lipinski definition) is 2. The summed E-state index contributed by atoms with van der Waals surface area (Å²) in [6.45, 7) is 0.981. The first kappa shape index (κ1) is 37.7. The van der Waals surface area contributed by atoms with Gasteiger partial charge in [-0.1, -0.05) is 97.2 Å². The number of rotatable bonds is 18. The number of aliphatic hydroxyl groups excluding tert-OH is 2. The minimum absolute atomic E-state index is 0.0656. The summed E-state index contributed by atoms with van der Waals surface area (Å²) in [5, 5.41) is 18.8. The highest BCUT2D eigenvalue weighted by Gasteiger charge is 2.41. The number of benzene rings is 2. The SMILES string of the molecule is O=C1/C(=C2\SC(=S)N(CCCCCC(=O)N(CCO)c3ccccc3)C2=O)SC(=S)N1CCCCCC(=O)N(CCO)c1ccccc1. The molecule has 2 fully saturated rings. The number of anilines is 2. The third-order valence-electron chi connectivity index (χ3n) is 7.83. The number of carbonyl (C=O) groups is 4. The number of unbranched alkanes of at least 4 members (excludes halogenated alkanes) is 4. The second-order valence-electron chi connectivity index (χ2n) is 11.1. The van der Waals surface area contributed by atoms with Gasteiger partial charge in [0.1, 0.15) is 8.64 Å². The Morgan fingerprint density at radius 1 is 0.604 bits per heavy atom. The Morgan fingerprint density at radius 2 is 0.979 bits per heavy atom. The van der Waals surface area contributed by atoms with Crippen LogP contribution >= 0.6 is 48.0 Å². The first-order valence-corrected chi connectivity index (χ1v) is 18.5. The molecule has 0 bridgehead atoms. The molecule has 0 spiro atoms. The molecule has 0 saturated carbocycles. The molecule has 2 saturated heterocycles. The largest absolute Gasteiger partial charge is 0.395 e. The Kier molecular flexibility index (Phi) is 15.0. The van der Waals surface area contributed by atoms with E-state index in [0.29, 0.717) is 82.9 Å². The predicted molar refractivity (Wildman–Crippen MR) is 200 cm³/mol. The molecule has 2 aromatic carbocycles.